The van der Waals surface area contributed by atoms with Crippen LogP contribution in [0.1, 0.15) is 18.4 Å². The Labute approximate surface area is 103 Å². The molecule has 102 valence electrons. The van der Waals surface area contributed by atoms with E-state index in [1.54, 1.807) is 18.3 Å². The Morgan fingerprint density at radius 1 is 1.44 bits per heavy atom. The van der Waals surface area contributed by atoms with Crippen molar-refractivity contribution >= 4 is 0 Å². The van der Waals surface area contributed by atoms with Crippen molar-refractivity contribution in [1.82, 2.24) is 10.4 Å². The molecule has 0 aliphatic carbocycles. The highest BCUT2D eigenvalue weighted by Gasteiger charge is 2.28. The lowest BCUT2D eigenvalue weighted by Crippen LogP contribution is -2.37. The number of rotatable bonds is 6. The molecule has 3 N–H and O–H groups in total. The lowest BCUT2D eigenvalue weighted by atomic mass is 10.0. The maximum atomic E-state index is 12.1. The molecule has 0 bridgehead atoms. The smallest absolute Gasteiger partial charge is 0.389 e. The van der Waals surface area contributed by atoms with Crippen molar-refractivity contribution in [2.75, 3.05) is 7.11 Å². The Morgan fingerprint density at radius 3 is 2.61 bits per heavy atom. The Bertz CT molecular complexity index is 354. The first-order valence-electron chi connectivity index (χ1n) is 5.46. The molecule has 0 amide bonds. The molecule has 1 aromatic heterocycles. The van der Waals surface area contributed by atoms with Gasteiger partial charge in [0.15, 0.2) is 0 Å². The number of nitrogens with one attached hydrogen (secondary N) is 1. The number of ether oxygens (including phenoxy) is 1. The van der Waals surface area contributed by atoms with Gasteiger partial charge in [0, 0.05) is 24.7 Å². The summed E-state index contributed by atoms with van der Waals surface area (Å²) in [5.41, 5.74) is 3.20. The number of hydrazine groups is 1. The van der Waals surface area contributed by atoms with E-state index in [-0.39, 0.29) is 6.42 Å². The molecule has 4 nitrogen and oxygen atoms in total. The van der Waals surface area contributed by atoms with Crippen molar-refractivity contribution in [2.24, 2.45) is 5.84 Å². The molecule has 0 aliphatic rings. The van der Waals surface area contributed by atoms with E-state index in [0.29, 0.717) is 12.3 Å². The summed E-state index contributed by atoms with van der Waals surface area (Å²) in [6.45, 7) is 0. The van der Waals surface area contributed by atoms with Gasteiger partial charge in [-0.2, -0.15) is 13.2 Å². The van der Waals surface area contributed by atoms with E-state index in [1.807, 2.05) is 0 Å². The molecule has 0 spiro atoms. The fourth-order valence-electron chi connectivity index (χ4n) is 1.52. The molecule has 18 heavy (non-hydrogen) atoms. The van der Waals surface area contributed by atoms with Crippen LogP contribution in [0.2, 0.25) is 0 Å². The van der Waals surface area contributed by atoms with Crippen LogP contribution in [0, 0.1) is 0 Å². The third-order valence-corrected chi connectivity index (χ3v) is 2.50. The predicted molar refractivity (Wildman–Crippen MR) is 60.9 cm³/mol. The van der Waals surface area contributed by atoms with E-state index in [4.69, 9.17) is 10.6 Å². The highest BCUT2D eigenvalue weighted by Crippen LogP contribution is 2.23. The van der Waals surface area contributed by atoms with Crippen LogP contribution in [0.5, 0.6) is 5.88 Å². The largest absolute Gasteiger partial charge is 0.481 e. The Balaban J connectivity index is 2.51. The predicted octanol–water partition coefficient (Wildman–Crippen LogP) is 1.81. The molecular formula is C11H16F3N3O. The van der Waals surface area contributed by atoms with Crippen LogP contribution < -0.4 is 16.0 Å². The summed E-state index contributed by atoms with van der Waals surface area (Å²) in [7, 11) is 1.50. The average molecular weight is 263 g/mol. The van der Waals surface area contributed by atoms with Crippen LogP contribution in [-0.4, -0.2) is 24.3 Å². The Hall–Kier alpha value is -1.34. The summed E-state index contributed by atoms with van der Waals surface area (Å²) in [4.78, 5) is 3.98. The molecule has 0 radical (unpaired) electrons. The highest BCUT2D eigenvalue weighted by molar-refractivity contribution is 5.18. The number of hydrogen-bond acceptors (Lipinski definition) is 4. The quantitative estimate of drug-likeness (QED) is 0.607. The summed E-state index contributed by atoms with van der Waals surface area (Å²) >= 11 is 0. The van der Waals surface area contributed by atoms with Gasteiger partial charge in [0.2, 0.25) is 5.88 Å². The first-order valence-corrected chi connectivity index (χ1v) is 5.46. The number of pyridine rings is 1. The van der Waals surface area contributed by atoms with Gasteiger partial charge in [0.05, 0.1) is 7.11 Å². The van der Waals surface area contributed by atoms with E-state index in [9.17, 15) is 13.2 Å². The van der Waals surface area contributed by atoms with Crippen LogP contribution in [-0.2, 0) is 6.42 Å². The van der Waals surface area contributed by atoms with Crippen molar-refractivity contribution in [2.45, 2.75) is 31.5 Å². The monoisotopic (exact) mass is 263 g/mol. The van der Waals surface area contributed by atoms with Crippen molar-refractivity contribution in [3.63, 3.8) is 0 Å². The lowest BCUT2D eigenvalue weighted by Gasteiger charge is -2.16. The number of alkyl halides is 3. The summed E-state index contributed by atoms with van der Waals surface area (Å²) in [5, 5.41) is 0. The van der Waals surface area contributed by atoms with Gasteiger partial charge >= 0.3 is 6.18 Å². The number of nitrogens with two attached hydrogens (primary N) is 1. The second-order valence-corrected chi connectivity index (χ2v) is 3.93. The van der Waals surface area contributed by atoms with Crippen molar-refractivity contribution < 1.29 is 17.9 Å². The minimum absolute atomic E-state index is 0.0635. The van der Waals surface area contributed by atoms with Gasteiger partial charge in [-0.25, -0.2) is 4.98 Å². The van der Waals surface area contributed by atoms with E-state index >= 15 is 0 Å². The van der Waals surface area contributed by atoms with Crippen LogP contribution in [0.25, 0.3) is 0 Å². The molecule has 0 saturated carbocycles. The zero-order valence-electron chi connectivity index (χ0n) is 10.00. The molecule has 7 heteroatoms. The molecule has 1 rings (SSSR count). The normalized spacial score (nSPS) is 13.4. The van der Waals surface area contributed by atoms with Gasteiger partial charge in [-0.3, -0.25) is 11.3 Å². The van der Waals surface area contributed by atoms with E-state index in [2.05, 4.69) is 10.4 Å². The topological polar surface area (TPSA) is 60.2 Å². The highest BCUT2D eigenvalue weighted by atomic mass is 19.4. The Morgan fingerprint density at radius 2 is 2.17 bits per heavy atom. The summed E-state index contributed by atoms with van der Waals surface area (Å²) < 4.78 is 41.2. The van der Waals surface area contributed by atoms with Crippen LogP contribution in [0.3, 0.4) is 0 Å². The fraction of sp³-hybridized carbons (Fsp3) is 0.545. The molecule has 0 saturated heterocycles. The third kappa shape index (κ3) is 5.33. The summed E-state index contributed by atoms with van der Waals surface area (Å²) in [6.07, 6.45) is -3.12. The van der Waals surface area contributed by atoms with Crippen molar-refractivity contribution in [3.05, 3.63) is 23.9 Å². The van der Waals surface area contributed by atoms with Crippen LogP contribution in [0.15, 0.2) is 18.3 Å². The molecule has 0 aromatic carbocycles. The van der Waals surface area contributed by atoms with Crippen LogP contribution in [0.4, 0.5) is 13.2 Å². The third-order valence-electron chi connectivity index (χ3n) is 2.50. The lowest BCUT2D eigenvalue weighted by molar-refractivity contribution is -0.136. The average Bonchev–Trinajstić information content (AvgIpc) is 2.34. The molecule has 0 aliphatic heterocycles. The van der Waals surface area contributed by atoms with Gasteiger partial charge in [-0.1, -0.05) is 6.07 Å². The maximum absolute atomic E-state index is 12.1. The Kier molecular flexibility index (Phi) is 5.36. The molecule has 1 heterocycles. The van der Waals surface area contributed by atoms with Gasteiger partial charge in [0.1, 0.15) is 0 Å². The number of hydrogen-bond donors (Lipinski definition) is 2. The van der Waals surface area contributed by atoms with E-state index < -0.39 is 18.6 Å². The van der Waals surface area contributed by atoms with E-state index in [1.165, 1.54) is 7.11 Å². The molecule has 1 atom stereocenters. The van der Waals surface area contributed by atoms with Crippen molar-refractivity contribution in [1.29, 1.82) is 0 Å². The van der Waals surface area contributed by atoms with Gasteiger partial charge < -0.3 is 4.74 Å². The molecule has 0 fully saturated rings. The second kappa shape index (κ2) is 6.55. The maximum Gasteiger partial charge on any atom is 0.389 e. The van der Waals surface area contributed by atoms with Crippen molar-refractivity contribution in [3.8, 4) is 5.88 Å². The number of methoxy groups -OCH3 is 1. The van der Waals surface area contributed by atoms with Gasteiger partial charge in [-0.15, -0.1) is 0 Å². The first-order chi connectivity index (χ1) is 8.44. The minimum atomic E-state index is -4.16. The SMILES string of the molecule is COc1ccc(CC(CCC(F)(F)F)NN)cn1. The number of nitrogens with zero attached hydrogens (tertiary/aromatic N) is 1. The second-order valence-electron chi connectivity index (χ2n) is 3.93. The zero-order valence-corrected chi connectivity index (χ0v) is 10.00. The number of halogens is 3. The molecular weight excluding hydrogens is 247 g/mol. The van der Waals surface area contributed by atoms with E-state index in [0.717, 1.165) is 5.56 Å². The fourth-order valence-corrected chi connectivity index (χ4v) is 1.52. The van der Waals surface area contributed by atoms with Gasteiger partial charge in [0.25, 0.3) is 0 Å². The summed E-state index contributed by atoms with van der Waals surface area (Å²) in [5.74, 6) is 5.71. The molecule has 1 unspecified atom stereocenters. The zero-order chi connectivity index (χ0) is 13.6. The standard InChI is InChI=1S/C11H16F3N3O/c1-18-10-3-2-8(7-16-10)6-9(17-15)4-5-11(12,13)14/h2-3,7,9,17H,4-6,15H2,1H3. The minimum Gasteiger partial charge on any atom is -0.481 e. The van der Waals surface area contributed by atoms with Gasteiger partial charge in [-0.05, 0) is 18.4 Å². The number of aromatic nitrogens is 1. The molecule has 1 aromatic rings. The van der Waals surface area contributed by atoms with Crippen LogP contribution >= 0.6 is 0 Å². The summed E-state index contributed by atoms with van der Waals surface area (Å²) in [6, 6.07) is 2.98. The first kappa shape index (κ1) is 14.7.